The van der Waals surface area contributed by atoms with Gasteiger partial charge >= 0.3 is 0 Å². The molecule has 2 atom stereocenters. The number of nitrogens with zero attached hydrogens (tertiary/aromatic N) is 5. The summed E-state index contributed by atoms with van der Waals surface area (Å²) >= 11 is 6.18. The number of amides is 1. The van der Waals surface area contributed by atoms with Gasteiger partial charge in [0.05, 0.1) is 10.6 Å². The van der Waals surface area contributed by atoms with Crippen molar-refractivity contribution >= 4 is 17.5 Å². The molecule has 8 heteroatoms. The molecular formula is C21H20ClN5O2. The molecule has 0 aliphatic carbocycles. The van der Waals surface area contributed by atoms with E-state index < -0.39 is 0 Å². The lowest BCUT2D eigenvalue weighted by Gasteiger charge is -2.42. The van der Waals surface area contributed by atoms with Crippen LogP contribution in [0.2, 0.25) is 5.02 Å². The Morgan fingerprint density at radius 2 is 2.00 bits per heavy atom. The molecule has 0 unspecified atom stereocenters. The van der Waals surface area contributed by atoms with E-state index in [1.165, 1.54) is 0 Å². The number of halogens is 1. The number of hydrogen-bond acceptors (Lipinski definition) is 4. The van der Waals surface area contributed by atoms with Crippen molar-refractivity contribution in [2.24, 2.45) is 13.0 Å². The molecular weight excluding hydrogens is 390 g/mol. The first-order chi connectivity index (χ1) is 14.0. The summed E-state index contributed by atoms with van der Waals surface area (Å²) in [5.74, 6) is 0.868. The topological polar surface area (TPSA) is 73.0 Å². The van der Waals surface area contributed by atoms with Crippen molar-refractivity contribution in [1.29, 1.82) is 0 Å². The van der Waals surface area contributed by atoms with Gasteiger partial charge in [-0.3, -0.25) is 9.59 Å². The number of carbonyl (C=O) groups is 1. The third-order valence-corrected chi connectivity index (χ3v) is 6.22. The molecule has 5 rings (SSSR count). The number of carbonyl (C=O) groups excluding carboxylic acids is 1. The average Bonchev–Trinajstić information content (AvgIpc) is 3.14. The molecule has 0 N–H and O–H groups in total. The smallest absolute Gasteiger partial charge is 0.274 e. The quantitative estimate of drug-likeness (QED) is 0.652. The van der Waals surface area contributed by atoms with Crippen LogP contribution in [0.1, 0.15) is 28.5 Å². The van der Waals surface area contributed by atoms with E-state index in [0.29, 0.717) is 36.0 Å². The van der Waals surface area contributed by atoms with E-state index in [1.807, 2.05) is 39.4 Å². The van der Waals surface area contributed by atoms with Crippen LogP contribution in [-0.2, 0) is 13.6 Å². The third-order valence-electron chi connectivity index (χ3n) is 5.91. The second-order valence-electron chi connectivity index (χ2n) is 7.79. The minimum Gasteiger partial charge on any atom is -0.336 e. The summed E-state index contributed by atoms with van der Waals surface area (Å²) in [4.78, 5) is 36.5. The lowest BCUT2D eigenvalue weighted by molar-refractivity contribution is 0.0589. The van der Waals surface area contributed by atoms with Crippen LogP contribution < -0.4 is 5.56 Å². The van der Waals surface area contributed by atoms with Crippen molar-refractivity contribution in [1.82, 2.24) is 24.0 Å². The van der Waals surface area contributed by atoms with Crippen LogP contribution in [0.25, 0.3) is 11.4 Å². The number of piperidine rings is 1. The number of rotatable bonds is 2. The number of pyridine rings is 2. The molecule has 0 aromatic carbocycles. The largest absolute Gasteiger partial charge is 0.336 e. The standard InChI is InChI=1S/C21H20ClN5O2/c1-25-8-7-24-19(25)15-4-5-17-14-9-13(11-27(17)20(15)28)10-26(12-14)21(29)18-16(22)3-2-6-23-18/h2-8,13-14H,9-12H2,1H3/t13-,14+/m0/s1. The minimum atomic E-state index is -0.147. The molecule has 2 aliphatic heterocycles. The molecule has 148 valence electrons. The Morgan fingerprint density at radius 1 is 1.14 bits per heavy atom. The lowest BCUT2D eigenvalue weighted by atomic mass is 9.82. The van der Waals surface area contributed by atoms with E-state index in [0.717, 1.165) is 12.1 Å². The molecule has 2 aliphatic rings. The zero-order valence-electron chi connectivity index (χ0n) is 16.0. The molecule has 0 radical (unpaired) electrons. The normalized spacial score (nSPS) is 20.4. The SMILES string of the molecule is Cn1ccnc1-c1ccc2n(c1=O)C[C@H]1C[C@@H]2CN(C(=O)c2ncccc2Cl)C1. The van der Waals surface area contributed by atoms with Gasteiger partial charge in [0.25, 0.3) is 11.5 Å². The van der Waals surface area contributed by atoms with Gasteiger partial charge in [-0.15, -0.1) is 0 Å². The van der Waals surface area contributed by atoms with Gasteiger partial charge in [0.1, 0.15) is 11.5 Å². The van der Waals surface area contributed by atoms with Crippen LogP contribution in [0.4, 0.5) is 0 Å². The summed E-state index contributed by atoms with van der Waals surface area (Å²) in [5, 5.41) is 0.365. The fraction of sp³-hybridized carbons (Fsp3) is 0.333. The Morgan fingerprint density at radius 3 is 2.76 bits per heavy atom. The highest BCUT2D eigenvalue weighted by molar-refractivity contribution is 6.33. The number of hydrogen-bond donors (Lipinski definition) is 0. The van der Waals surface area contributed by atoms with Crippen molar-refractivity contribution in [3.63, 3.8) is 0 Å². The third kappa shape index (κ3) is 2.97. The molecule has 5 heterocycles. The van der Waals surface area contributed by atoms with Crippen LogP contribution in [0, 0.1) is 5.92 Å². The van der Waals surface area contributed by atoms with Gasteiger partial charge in [-0.1, -0.05) is 11.6 Å². The fourth-order valence-corrected chi connectivity index (χ4v) is 4.80. The molecule has 29 heavy (non-hydrogen) atoms. The fourth-order valence-electron chi connectivity index (χ4n) is 4.60. The first kappa shape index (κ1) is 18.1. The van der Waals surface area contributed by atoms with E-state index in [9.17, 15) is 9.59 Å². The van der Waals surface area contributed by atoms with Crippen LogP contribution in [0.3, 0.4) is 0 Å². The highest BCUT2D eigenvalue weighted by Crippen LogP contribution is 2.36. The zero-order valence-corrected chi connectivity index (χ0v) is 16.7. The maximum Gasteiger partial charge on any atom is 0.274 e. The first-order valence-corrected chi connectivity index (χ1v) is 10.0. The summed E-state index contributed by atoms with van der Waals surface area (Å²) in [6.45, 7) is 1.76. The van der Waals surface area contributed by atoms with Gasteiger partial charge in [-0.05, 0) is 36.6 Å². The molecule has 3 aromatic rings. The van der Waals surface area contributed by atoms with Crippen molar-refractivity contribution < 1.29 is 4.79 Å². The zero-order chi connectivity index (χ0) is 20.1. The number of fused-ring (bicyclic) bond motifs is 4. The predicted molar refractivity (Wildman–Crippen MR) is 109 cm³/mol. The predicted octanol–water partition coefficient (Wildman–Crippen LogP) is 2.56. The van der Waals surface area contributed by atoms with Gasteiger partial charge in [0.15, 0.2) is 0 Å². The van der Waals surface area contributed by atoms with Gasteiger partial charge in [0.2, 0.25) is 0 Å². The van der Waals surface area contributed by atoms with Gasteiger partial charge < -0.3 is 14.0 Å². The van der Waals surface area contributed by atoms with Crippen LogP contribution in [-0.4, -0.2) is 43.0 Å². The molecule has 1 fully saturated rings. The van der Waals surface area contributed by atoms with Crippen LogP contribution in [0.5, 0.6) is 0 Å². The number of aromatic nitrogens is 4. The van der Waals surface area contributed by atoms with Gasteiger partial charge in [0, 0.05) is 56.9 Å². The number of aryl methyl sites for hydroxylation is 1. The molecule has 7 nitrogen and oxygen atoms in total. The molecule has 0 spiro atoms. The Bertz CT molecular complexity index is 1170. The minimum absolute atomic E-state index is 0.0148. The van der Waals surface area contributed by atoms with Crippen molar-refractivity contribution in [2.45, 2.75) is 18.9 Å². The van der Waals surface area contributed by atoms with Crippen molar-refractivity contribution in [3.8, 4) is 11.4 Å². The van der Waals surface area contributed by atoms with E-state index in [-0.39, 0.29) is 29.0 Å². The first-order valence-electron chi connectivity index (χ1n) is 9.64. The maximum atomic E-state index is 13.2. The summed E-state index contributed by atoms with van der Waals surface area (Å²) in [6.07, 6.45) is 6.08. The highest BCUT2D eigenvalue weighted by atomic mass is 35.5. The van der Waals surface area contributed by atoms with E-state index in [1.54, 1.807) is 24.5 Å². The molecule has 1 amide bonds. The Hall–Kier alpha value is -2.93. The van der Waals surface area contributed by atoms with Crippen LogP contribution >= 0.6 is 11.6 Å². The molecule has 3 aromatic heterocycles. The summed E-state index contributed by atoms with van der Waals surface area (Å²) in [7, 11) is 1.88. The number of imidazole rings is 1. The van der Waals surface area contributed by atoms with E-state index in [4.69, 9.17) is 11.6 Å². The Labute approximate surface area is 172 Å². The number of likely N-dealkylation sites (tertiary alicyclic amines) is 1. The lowest BCUT2D eigenvalue weighted by Crippen LogP contribution is -2.49. The van der Waals surface area contributed by atoms with E-state index >= 15 is 0 Å². The summed E-state index contributed by atoms with van der Waals surface area (Å²) in [5.41, 5.74) is 1.86. The van der Waals surface area contributed by atoms with Crippen LogP contribution in [0.15, 0.2) is 47.7 Å². The molecule has 1 saturated heterocycles. The van der Waals surface area contributed by atoms with E-state index in [2.05, 4.69) is 9.97 Å². The van der Waals surface area contributed by atoms with Crippen molar-refractivity contribution in [2.75, 3.05) is 13.1 Å². The maximum absolute atomic E-state index is 13.2. The van der Waals surface area contributed by atoms with Crippen molar-refractivity contribution in [3.05, 3.63) is 69.6 Å². The van der Waals surface area contributed by atoms with Gasteiger partial charge in [-0.25, -0.2) is 9.97 Å². The Balaban J connectivity index is 1.48. The second kappa shape index (κ2) is 6.84. The average molecular weight is 410 g/mol. The summed E-state index contributed by atoms with van der Waals surface area (Å²) in [6, 6.07) is 7.26. The Kier molecular flexibility index (Phi) is 4.28. The second-order valence-corrected chi connectivity index (χ2v) is 8.20. The molecule has 0 saturated carbocycles. The summed E-state index contributed by atoms with van der Waals surface area (Å²) < 4.78 is 3.72. The monoisotopic (exact) mass is 409 g/mol. The molecule has 2 bridgehead atoms. The van der Waals surface area contributed by atoms with Gasteiger partial charge in [-0.2, -0.15) is 0 Å². The highest BCUT2D eigenvalue weighted by Gasteiger charge is 2.37.